The van der Waals surface area contributed by atoms with Gasteiger partial charge in [0.05, 0.1) is 13.4 Å². The first kappa shape index (κ1) is 17.0. The second-order valence-corrected chi connectivity index (χ2v) is 5.78. The van der Waals surface area contributed by atoms with Crippen molar-refractivity contribution < 1.29 is 13.9 Å². The molecule has 25 heavy (non-hydrogen) atoms. The molecule has 3 aromatic rings. The minimum absolute atomic E-state index is 0.350. The number of ether oxygens (including phenoxy) is 1. The summed E-state index contributed by atoms with van der Waals surface area (Å²) in [6, 6.07) is 16.2. The number of hydrogen-bond acceptors (Lipinski definition) is 4. The first-order valence-electron chi connectivity index (χ1n) is 8.27. The van der Waals surface area contributed by atoms with Crippen LogP contribution in [0.5, 0.6) is 0 Å². The Morgan fingerprint density at radius 2 is 1.96 bits per heavy atom. The Morgan fingerprint density at radius 1 is 1.16 bits per heavy atom. The van der Waals surface area contributed by atoms with Crippen molar-refractivity contribution in [3.05, 3.63) is 77.6 Å². The van der Waals surface area contributed by atoms with E-state index in [1.165, 1.54) is 29.7 Å². The summed E-state index contributed by atoms with van der Waals surface area (Å²) in [6.07, 6.45) is 5.93. The molecule has 0 radical (unpaired) electrons. The number of carbonyl (C=O) groups excluding carboxylic acids is 1. The van der Waals surface area contributed by atoms with Gasteiger partial charge in [0.15, 0.2) is 0 Å². The summed E-state index contributed by atoms with van der Waals surface area (Å²) in [5, 5.41) is 4.64. The lowest BCUT2D eigenvalue weighted by Gasteiger charge is -2.05. The molecule has 0 aliphatic carbocycles. The molecule has 1 N–H and O–H groups in total. The molecule has 0 atom stereocenters. The van der Waals surface area contributed by atoms with Gasteiger partial charge in [-0.1, -0.05) is 42.5 Å². The molecule has 0 aliphatic heterocycles. The predicted octanol–water partition coefficient (Wildman–Crippen LogP) is 3.95. The first-order chi connectivity index (χ1) is 12.3. The van der Waals surface area contributed by atoms with Crippen molar-refractivity contribution in [3.8, 4) is 0 Å². The van der Waals surface area contributed by atoms with Crippen LogP contribution in [0.15, 0.2) is 65.3 Å². The number of hydrogen-bond donors (Lipinski definition) is 1. The molecule has 0 aliphatic rings. The Balaban J connectivity index is 1.47. The first-order valence-corrected chi connectivity index (χ1v) is 8.27. The third-order valence-corrected chi connectivity index (χ3v) is 4.05. The van der Waals surface area contributed by atoms with Gasteiger partial charge in [0.1, 0.15) is 5.58 Å². The normalized spacial score (nSPS) is 11.2. The molecule has 1 aromatic heterocycles. The average molecular weight is 335 g/mol. The number of para-hydroxylation sites is 1. The summed E-state index contributed by atoms with van der Waals surface area (Å²) in [7, 11) is 1.37. The Morgan fingerprint density at radius 3 is 2.76 bits per heavy atom. The molecule has 128 valence electrons. The molecule has 4 heteroatoms. The van der Waals surface area contributed by atoms with Gasteiger partial charge in [0.25, 0.3) is 0 Å². The smallest absolute Gasteiger partial charge is 0.330 e. The molecule has 0 saturated heterocycles. The maximum absolute atomic E-state index is 11.1. The minimum atomic E-state index is -0.350. The van der Waals surface area contributed by atoms with Crippen LogP contribution < -0.4 is 5.32 Å². The molecule has 0 saturated carbocycles. The van der Waals surface area contributed by atoms with Crippen LogP contribution in [0.25, 0.3) is 17.0 Å². The fourth-order valence-corrected chi connectivity index (χ4v) is 2.66. The lowest BCUT2D eigenvalue weighted by Crippen LogP contribution is -2.16. The molecule has 1 heterocycles. The van der Waals surface area contributed by atoms with Gasteiger partial charge in [0, 0.05) is 18.0 Å². The molecule has 0 unspecified atom stereocenters. The Hall–Kier alpha value is -2.85. The zero-order chi connectivity index (χ0) is 17.5. The van der Waals surface area contributed by atoms with Crippen molar-refractivity contribution in [2.45, 2.75) is 13.0 Å². The van der Waals surface area contributed by atoms with Gasteiger partial charge in [-0.2, -0.15) is 0 Å². The van der Waals surface area contributed by atoms with E-state index in [4.69, 9.17) is 4.42 Å². The number of fused-ring (bicyclic) bond motifs is 1. The van der Waals surface area contributed by atoms with Crippen LogP contribution in [0.1, 0.15) is 16.7 Å². The zero-order valence-corrected chi connectivity index (χ0v) is 14.2. The van der Waals surface area contributed by atoms with Crippen LogP contribution in [0.2, 0.25) is 0 Å². The maximum Gasteiger partial charge on any atom is 0.330 e. The largest absolute Gasteiger partial charge is 0.466 e. The SMILES string of the molecule is COC(=O)/C=C/c1ccc(CNCCc2coc3ccccc23)cc1. The Bertz CT molecular complexity index is 862. The number of esters is 1. The maximum atomic E-state index is 11.1. The third-order valence-electron chi connectivity index (χ3n) is 4.05. The third kappa shape index (κ3) is 4.58. The summed E-state index contributed by atoms with van der Waals surface area (Å²) in [6.45, 7) is 1.68. The highest BCUT2D eigenvalue weighted by molar-refractivity contribution is 5.86. The van der Waals surface area contributed by atoms with Crippen LogP contribution >= 0.6 is 0 Å². The van der Waals surface area contributed by atoms with E-state index < -0.39 is 0 Å². The summed E-state index contributed by atoms with van der Waals surface area (Å²) in [5.74, 6) is -0.350. The standard InChI is InChI=1S/C21H21NO3/c1-24-21(23)11-10-16-6-8-17(9-7-16)14-22-13-12-18-15-25-20-5-3-2-4-19(18)20/h2-11,15,22H,12-14H2,1H3/b11-10+. The van der Waals surface area contributed by atoms with Crippen molar-refractivity contribution in [2.75, 3.05) is 13.7 Å². The second kappa shape index (κ2) is 8.31. The van der Waals surface area contributed by atoms with Gasteiger partial charge < -0.3 is 14.5 Å². The van der Waals surface area contributed by atoms with Crippen LogP contribution in [-0.4, -0.2) is 19.6 Å². The average Bonchev–Trinajstić information content (AvgIpc) is 3.07. The van der Waals surface area contributed by atoms with E-state index in [9.17, 15) is 4.79 Å². The lowest BCUT2D eigenvalue weighted by molar-refractivity contribution is -0.134. The molecule has 3 rings (SSSR count). The fourth-order valence-electron chi connectivity index (χ4n) is 2.66. The van der Waals surface area contributed by atoms with Crippen molar-refractivity contribution in [1.82, 2.24) is 5.32 Å². The van der Waals surface area contributed by atoms with Gasteiger partial charge in [0.2, 0.25) is 0 Å². The fraction of sp³-hybridized carbons (Fsp3) is 0.190. The molecular formula is C21H21NO3. The molecule has 4 nitrogen and oxygen atoms in total. The van der Waals surface area contributed by atoms with Gasteiger partial charge in [-0.15, -0.1) is 0 Å². The Kier molecular flexibility index (Phi) is 5.65. The highest BCUT2D eigenvalue weighted by Gasteiger charge is 2.04. The lowest BCUT2D eigenvalue weighted by atomic mass is 10.1. The topological polar surface area (TPSA) is 51.5 Å². The second-order valence-electron chi connectivity index (χ2n) is 5.78. The summed E-state index contributed by atoms with van der Waals surface area (Å²) >= 11 is 0. The number of benzene rings is 2. The van der Waals surface area contributed by atoms with E-state index in [1.54, 1.807) is 6.08 Å². The van der Waals surface area contributed by atoms with E-state index in [0.29, 0.717) is 0 Å². The molecular weight excluding hydrogens is 314 g/mol. The van der Waals surface area contributed by atoms with E-state index in [1.807, 2.05) is 36.6 Å². The van der Waals surface area contributed by atoms with Crippen molar-refractivity contribution in [1.29, 1.82) is 0 Å². The minimum Gasteiger partial charge on any atom is -0.466 e. The summed E-state index contributed by atoms with van der Waals surface area (Å²) in [4.78, 5) is 11.1. The van der Waals surface area contributed by atoms with Gasteiger partial charge in [-0.05, 0) is 41.8 Å². The Labute approximate surface area is 147 Å². The highest BCUT2D eigenvalue weighted by atomic mass is 16.5. The van der Waals surface area contributed by atoms with Crippen molar-refractivity contribution >= 4 is 23.0 Å². The molecule has 0 spiro atoms. The quantitative estimate of drug-likeness (QED) is 0.403. The van der Waals surface area contributed by atoms with Crippen LogP contribution in [-0.2, 0) is 22.5 Å². The summed E-state index contributed by atoms with van der Waals surface area (Å²) < 4.78 is 10.1. The molecule has 0 amide bonds. The van der Waals surface area contributed by atoms with Crippen LogP contribution in [0.4, 0.5) is 0 Å². The molecule has 0 bridgehead atoms. The highest BCUT2D eigenvalue weighted by Crippen LogP contribution is 2.20. The zero-order valence-electron chi connectivity index (χ0n) is 14.2. The van der Waals surface area contributed by atoms with E-state index in [2.05, 4.69) is 28.3 Å². The number of rotatable bonds is 7. The summed E-state index contributed by atoms with van der Waals surface area (Å²) in [5.41, 5.74) is 4.34. The number of methoxy groups -OCH3 is 1. The molecule has 2 aromatic carbocycles. The molecule has 0 fully saturated rings. The van der Waals surface area contributed by atoms with E-state index >= 15 is 0 Å². The number of furan rings is 1. The van der Waals surface area contributed by atoms with Gasteiger partial charge in [-0.3, -0.25) is 0 Å². The van der Waals surface area contributed by atoms with Crippen molar-refractivity contribution in [3.63, 3.8) is 0 Å². The number of carbonyl (C=O) groups is 1. The number of nitrogens with one attached hydrogen (secondary N) is 1. The monoisotopic (exact) mass is 335 g/mol. The van der Waals surface area contributed by atoms with Gasteiger partial charge >= 0.3 is 5.97 Å². The van der Waals surface area contributed by atoms with E-state index in [0.717, 1.165) is 30.7 Å². The predicted molar refractivity (Wildman–Crippen MR) is 99.1 cm³/mol. The van der Waals surface area contributed by atoms with Crippen molar-refractivity contribution in [2.24, 2.45) is 0 Å². The van der Waals surface area contributed by atoms with Crippen LogP contribution in [0.3, 0.4) is 0 Å². The van der Waals surface area contributed by atoms with E-state index in [-0.39, 0.29) is 5.97 Å². The van der Waals surface area contributed by atoms with Crippen LogP contribution in [0, 0.1) is 0 Å². The van der Waals surface area contributed by atoms with Gasteiger partial charge in [-0.25, -0.2) is 4.79 Å².